The minimum Gasteiger partial charge on any atom is -0.468 e. The van der Waals surface area contributed by atoms with Crippen LogP contribution in [0.1, 0.15) is 30.5 Å². The van der Waals surface area contributed by atoms with E-state index in [4.69, 9.17) is 4.42 Å². The highest BCUT2D eigenvalue weighted by Gasteiger charge is 2.37. The van der Waals surface area contributed by atoms with Crippen LogP contribution in [-0.4, -0.2) is 44.3 Å². The van der Waals surface area contributed by atoms with Crippen LogP contribution in [-0.2, 0) is 6.18 Å². The highest BCUT2D eigenvalue weighted by Crippen LogP contribution is 2.28. The molecule has 138 valence electrons. The van der Waals surface area contributed by atoms with E-state index in [1.807, 2.05) is 12.1 Å². The Labute approximate surface area is 146 Å². The Morgan fingerprint density at radius 3 is 2.65 bits per heavy atom. The summed E-state index contributed by atoms with van der Waals surface area (Å²) in [5.74, 6) is -0.00223. The van der Waals surface area contributed by atoms with Crippen molar-refractivity contribution in [1.82, 2.24) is 24.7 Å². The molecule has 0 spiro atoms. The Hall–Kier alpha value is -2.62. The molecule has 1 fully saturated rings. The second-order valence-corrected chi connectivity index (χ2v) is 6.17. The molecule has 1 aliphatic rings. The van der Waals surface area contributed by atoms with Crippen molar-refractivity contribution >= 4 is 11.5 Å². The number of aromatic nitrogens is 4. The molecule has 0 amide bonds. The van der Waals surface area contributed by atoms with E-state index in [1.165, 1.54) is 6.07 Å². The van der Waals surface area contributed by atoms with Gasteiger partial charge in [-0.2, -0.15) is 17.7 Å². The number of fused-ring (bicyclic) bond motifs is 1. The number of halogens is 3. The number of anilines is 1. The van der Waals surface area contributed by atoms with E-state index < -0.39 is 12.0 Å². The van der Waals surface area contributed by atoms with Gasteiger partial charge in [-0.3, -0.25) is 4.90 Å². The fourth-order valence-corrected chi connectivity index (χ4v) is 3.20. The molecule has 0 radical (unpaired) electrons. The van der Waals surface area contributed by atoms with Crippen molar-refractivity contribution in [2.75, 3.05) is 25.0 Å². The van der Waals surface area contributed by atoms with Gasteiger partial charge in [-0.25, -0.2) is 0 Å². The third-order valence-electron chi connectivity index (χ3n) is 4.45. The van der Waals surface area contributed by atoms with Gasteiger partial charge in [0.05, 0.1) is 12.3 Å². The Kier molecular flexibility index (Phi) is 4.27. The van der Waals surface area contributed by atoms with Crippen LogP contribution < -0.4 is 5.32 Å². The topological polar surface area (TPSA) is 71.5 Å². The zero-order chi connectivity index (χ0) is 18.1. The SMILES string of the molecule is FC(F)(F)c1nnc2ccc(NC[C@H](c3ccco3)N3CCCC3)nn12. The average molecular weight is 366 g/mol. The van der Waals surface area contributed by atoms with E-state index in [0.717, 1.165) is 31.7 Å². The van der Waals surface area contributed by atoms with Gasteiger partial charge < -0.3 is 9.73 Å². The molecule has 0 bridgehead atoms. The van der Waals surface area contributed by atoms with Crippen molar-refractivity contribution in [3.05, 3.63) is 42.1 Å². The maximum absolute atomic E-state index is 13.0. The van der Waals surface area contributed by atoms with E-state index in [1.54, 1.807) is 12.3 Å². The summed E-state index contributed by atoms with van der Waals surface area (Å²) in [6, 6.07) is 6.77. The van der Waals surface area contributed by atoms with E-state index in [2.05, 4.69) is 25.5 Å². The van der Waals surface area contributed by atoms with Gasteiger partial charge in [0.2, 0.25) is 0 Å². The molecule has 3 aromatic heterocycles. The smallest absolute Gasteiger partial charge is 0.453 e. The van der Waals surface area contributed by atoms with Gasteiger partial charge in [-0.15, -0.1) is 15.3 Å². The summed E-state index contributed by atoms with van der Waals surface area (Å²) >= 11 is 0. The van der Waals surface area contributed by atoms with Crippen LogP contribution in [0.4, 0.5) is 19.0 Å². The summed E-state index contributed by atoms with van der Waals surface area (Å²) < 4.78 is 45.2. The molecule has 4 rings (SSSR count). The van der Waals surface area contributed by atoms with Gasteiger partial charge in [-0.05, 0) is 50.2 Å². The number of hydrogen-bond acceptors (Lipinski definition) is 6. The van der Waals surface area contributed by atoms with Gasteiger partial charge in [0.25, 0.3) is 5.82 Å². The van der Waals surface area contributed by atoms with E-state index in [-0.39, 0.29) is 11.7 Å². The van der Waals surface area contributed by atoms with Crippen molar-refractivity contribution in [3.8, 4) is 0 Å². The fraction of sp³-hybridized carbons (Fsp3) is 0.438. The van der Waals surface area contributed by atoms with Gasteiger partial charge in [0, 0.05) is 6.54 Å². The van der Waals surface area contributed by atoms with Gasteiger partial charge >= 0.3 is 6.18 Å². The number of nitrogens with zero attached hydrogens (tertiary/aromatic N) is 5. The molecular weight excluding hydrogens is 349 g/mol. The molecule has 4 heterocycles. The van der Waals surface area contributed by atoms with Gasteiger partial charge in [0.15, 0.2) is 5.65 Å². The first-order valence-corrected chi connectivity index (χ1v) is 8.33. The van der Waals surface area contributed by atoms with Crippen molar-refractivity contribution in [1.29, 1.82) is 0 Å². The average Bonchev–Trinajstić information content (AvgIpc) is 3.36. The predicted molar refractivity (Wildman–Crippen MR) is 86.5 cm³/mol. The maximum Gasteiger partial charge on any atom is 0.453 e. The molecule has 1 atom stereocenters. The first kappa shape index (κ1) is 16.8. The second-order valence-electron chi connectivity index (χ2n) is 6.17. The Morgan fingerprint density at radius 1 is 1.15 bits per heavy atom. The molecule has 3 aromatic rings. The molecule has 0 unspecified atom stereocenters. The summed E-state index contributed by atoms with van der Waals surface area (Å²) in [5.41, 5.74) is 0.0463. The Bertz CT molecular complexity index is 870. The Morgan fingerprint density at radius 2 is 1.96 bits per heavy atom. The molecule has 10 heteroatoms. The number of hydrogen-bond donors (Lipinski definition) is 1. The van der Waals surface area contributed by atoms with Crippen LogP contribution in [0.15, 0.2) is 34.9 Å². The van der Waals surface area contributed by atoms with E-state index in [9.17, 15) is 13.2 Å². The maximum atomic E-state index is 13.0. The molecule has 26 heavy (non-hydrogen) atoms. The zero-order valence-electron chi connectivity index (χ0n) is 13.8. The first-order valence-electron chi connectivity index (χ1n) is 8.33. The third kappa shape index (κ3) is 3.24. The lowest BCUT2D eigenvalue weighted by atomic mass is 10.2. The molecular formula is C16H17F3N6O. The number of rotatable bonds is 5. The number of alkyl halides is 3. The lowest BCUT2D eigenvalue weighted by Crippen LogP contribution is -2.31. The lowest BCUT2D eigenvalue weighted by Gasteiger charge is -2.26. The quantitative estimate of drug-likeness (QED) is 0.749. The van der Waals surface area contributed by atoms with Crippen molar-refractivity contribution < 1.29 is 17.6 Å². The molecule has 1 aliphatic heterocycles. The minimum atomic E-state index is -4.61. The molecule has 0 aliphatic carbocycles. The summed E-state index contributed by atoms with van der Waals surface area (Å²) in [5, 5.41) is 13.8. The van der Waals surface area contributed by atoms with Crippen LogP contribution in [0.3, 0.4) is 0 Å². The number of nitrogens with one attached hydrogen (secondary N) is 1. The van der Waals surface area contributed by atoms with Crippen molar-refractivity contribution in [3.63, 3.8) is 0 Å². The minimum absolute atomic E-state index is 0.00649. The monoisotopic (exact) mass is 366 g/mol. The van der Waals surface area contributed by atoms with Gasteiger partial charge in [0.1, 0.15) is 11.6 Å². The van der Waals surface area contributed by atoms with Crippen LogP contribution in [0, 0.1) is 0 Å². The highest BCUT2D eigenvalue weighted by molar-refractivity contribution is 5.44. The normalized spacial score (nSPS) is 17.0. The van der Waals surface area contributed by atoms with Crippen molar-refractivity contribution in [2.24, 2.45) is 0 Å². The first-order chi connectivity index (χ1) is 12.5. The molecule has 1 saturated heterocycles. The van der Waals surface area contributed by atoms with Crippen LogP contribution in [0.2, 0.25) is 0 Å². The van der Waals surface area contributed by atoms with Crippen LogP contribution in [0.5, 0.6) is 0 Å². The fourth-order valence-electron chi connectivity index (χ4n) is 3.20. The van der Waals surface area contributed by atoms with E-state index in [0.29, 0.717) is 16.9 Å². The standard InChI is InChI=1S/C16H17F3N6O/c17-16(18,19)15-22-21-14-6-5-13(23-25(14)15)20-10-11(12-4-3-9-26-12)24-7-1-2-8-24/h3-6,9,11H,1-2,7-8,10H2,(H,20,23)/t11-/m1/s1. The summed E-state index contributed by atoms with van der Waals surface area (Å²) in [6.45, 7) is 2.39. The predicted octanol–water partition coefficient (Wildman–Crippen LogP) is 2.99. The number of likely N-dealkylation sites (tertiary alicyclic amines) is 1. The largest absolute Gasteiger partial charge is 0.468 e. The highest BCUT2D eigenvalue weighted by atomic mass is 19.4. The van der Waals surface area contributed by atoms with Crippen molar-refractivity contribution in [2.45, 2.75) is 25.1 Å². The third-order valence-corrected chi connectivity index (χ3v) is 4.45. The molecule has 0 saturated carbocycles. The van der Waals surface area contributed by atoms with Crippen LogP contribution in [0.25, 0.3) is 5.65 Å². The summed E-state index contributed by atoms with van der Waals surface area (Å²) in [4.78, 5) is 2.30. The molecule has 0 aromatic carbocycles. The Balaban J connectivity index is 1.56. The zero-order valence-corrected chi connectivity index (χ0v) is 13.8. The summed E-state index contributed by atoms with van der Waals surface area (Å²) in [7, 11) is 0. The lowest BCUT2D eigenvalue weighted by molar-refractivity contribution is -0.146. The summed E-state index contributed by atoms with van der Waals surface area (Å²) in [6.07, 6.45) is -0.749. The second kappa shape index (κ2) is 6.60. The molecule has 1 N–H and O–H groups in total. The number of furan rings is 1. The van der Waals surface area contributed by atoms with Gasteiger partial charge in [-0.1, -0.05) is 0 Å². The van der Waals surface area contributed by atoms with E-state index >= 15 is 0 Å². The molecule has 7 nitrogen and oxygen atoms in total. The van der Waals surface area contributed by atoms with Crippen LogP contribution >= 0.6 is 0 Å².